The van der Waals surface area contributed by atoms with Crippen LogP contribution in [0.4, 0.5) is 10.2 Å². The van der Waals surface area contributed by atoms with Gasteiger partial charge >= 0.3 is 19.8 Å². The number of imidazole rings is 1. The van der Waals surface area contributed by atoms with E-state index in [1.54, 1.807) is 30.3 Å². The van der Waals surface area contributed by atoms with E-state index in [1.165, 1.54) is 17.0 Å². The maximum Gasteiger partial charge on any atom is 0.459 e. The van der Waals surface area contributed by atoms with Gasteiger partial charge in [0.2, 0.25) is 0 Å². The lowest BCUT2D eigenvalue weighted by atomic mass is 9.96. The first-order chi connectivity index (χ1) is 26.1. The van der Waals surface area contributed by atoms with Gasteiger partial charge in [-0.2, -0.15) is 19.4 Å². The van der Waals surface area contributed by atoms with Gasteiger partial charge in [-0.15, -0.1) is 6.58 Å². The van der Waals surface area contributed by atoms with Crippen molar-refractivity contribution in [1.29, 1.82) is 0 Å². The number of unbranched alkanes of at least 4 members (excludes halogenated alkanes) is 4. The highest BCUT2D eigenvalue weighted by Crippen LogP contribution is 2.48. The summed E-state index contributed by atoms with van der Waals surface area (Å²) in [7, 11) is -4.44. The quantitative estimate of drug-likeness (QED) is 0.0237. The van der Waals surface area contributed by atoms with Crippen LogP contribution in [0.5, 0.6) is 5.75 Å². The van der Waals surface area contributed by atoms with Crippen LogP contribution in [0.1, 0.15) is 83.4 Å². The topological polar surface area (TPSA) is 173 Å². The molecule has 4 N–H and O–H groups in total. The molecule has 0 radical (unpaired) electrons. The molecule has 1 aliphatic rings. The SMILES string of the molecule is C=C[C@]1(CO[P@@](=O)(N[C@@H](Cc2ccccc2)C(=O)OCC(CCCCC)CCCCC)Oc2ccccc2)O[C@@H](n2cnc3c(N)nc(F)nc32)C[C@@H]1O. The molecule has 54 heavy (non-hydrogen) atoms. The van der Waals surface area contributed by atoms with Gasteiger partial charge in [-0.3, -0.25) is 13.9 Å². The molecular formula is C39H52FN6O7P. The van der Waals surface area contributed by atoms with Crippen LogP contribution in [0.2, 0.25) is 0 Å². The minimum atomic E-state index is -4.44. The largest absolute Gasteiger partial charge is 0.464 e. The molecule has 0 bridgehead atoms. The minimum Gasteiger partial charge on any atom is -0.464 e. The number of carbonyl (C=O) groups is 1. The van der Waals surface area contributed by atoms with Crippen molar-refractivity contribution in [3.63, 3.8) is 0 Å². The lowest BCUT2D eigenvalue weighted by Gasteiger charge is -2.31. The number of halogens is 1. The number of aromatic nitrogens is 4. The zero-order chi connectivity index (χ0) is 38.6. The summed E-state index contributed by atoms with van der Waals surface area (Å²) in [6.07, 6.45) is 8.08. The van der Waals surface area contributed by atoms with E-state index < -0.39 is 50.4 Å². The van der Waals surface area contributed by atoms with Gasteiger partial charge in [0.1, 0.15) is 23.6 Å². The van der Waals surface area contributed by atoms with Gasteiger partial charge in [0, 0.05) is 6.42 Å². The summed E-state index contributed by atoms with van der Waals surface area (Å²) in [5.41, 5.74) is 5.26. The van der Waals surface area contributed by atoms with E-state index in [1.807, 2.05) is 30.3 Å². The van der Waals surface area contributed by atoms with Crippen LogP contribution in [0, 0.1) is 12.0 Å². The molecule has 1 aliphatic heterocycles. The number of nitrogens with zero attached hydrogens (tertiary/aromatic N) is 4. The third kappa shape index (κ3) is 10.7. The number of hydrogen-bond acceptors (Lipinski definition) is 11. The number of nitrogens with two attached hydrogens (primary N) is 1. The highest BCUT2D eigenvalue weighted by Gasteiger charge is 2.49. The molecule has 4 aromatic rings. The second-order valence-electron chi connectivity index (χ2n) is 13.7. The van der Waals surface area contributed by atoms with Crippen molar-refractivity contribution in [2.24, 2.45) is 5.92 Å². The average molecular weight is 767 g/mol. The van der Waals surface area contributed by atoms with E-state index in [9.17, 15) is 18.9 Å². The number of para-hydroxylation sites is 1. The van der Waals surface area contributed by atoms with E-state index in [2.05, 4.69) is 40.5 Å². The number of fused-ring (bicyclic) bond motifs is 1. The van der Waals surface area contributed by atoms with Gasteiger partial charge in [0.15, 0.2) is 17.0 Å². The summed E-state index contributed by atoms with van der Waals surface area (Å²) < 4.78 is 54.7. The standard InChI is InChI=1S/C39H52FN6O7P/c1-4-7-11-19-29(20-12-8-5-2)25-50-37(48)31(23-28-17-13-9-14-18-28)45-54(49,53-30-21-15-10-16-22-30)51-26-39(6-3)32(47)24-33(52-39)46-27-42-34-35(41)43-38(40)44-36(34)46/h6,9-10,13-18,21-22,27,29,31-33,47H,3-5,7-8,11-12,19-20,23-26H2,1-2H3,(H,45,49)(H2,41,43,44)/t31-,32-,33+,39+,54-/m0/s1. The summed E-state index contributed by atoms with van der Waals surface area (Å²) in [5, 5.41) is 14.2. The van der Waals surface area contributed by atoms with Crippen molar-refractivity contribution in [2.75, 3.05) is 18.9 Å². The van der Waals surface area contributed by atoms with Crippen molar-refractivity contribution in [2.45, 2.75) is 102 Å². The molecule has 3 heterocycles. The summed E-state index contributed by atoms with van der Waals surface area (Å²) in [5.74, 6) is -0.312. The Hall–Kier alpha value is -4.20. The van der Waals surface area contributed by atoms with Crippen molar-refractivity contribution in [3.05, 3.63) is 91.3 Å². The van der Waals surface area contributed by atoms with E-state index in [0.29, 0.717) is 0 Å². The van der Waals surface area contributed by atoms with Crippen LogP contribution >= 0.6 is 7.75 Å². The molecule has 0 spiro atoms. The van der Waals surface area contributed by atoms with Gasteiger partial charge in [0.25, 0.3) is 0 Å². The molecule has 2 aromatic heterocycles. The second-order valence-corrected chi connectivity index (χ2v) is 15.4. The first-order valence-corrected chi connectivity index (χ1v) is 20.3. The zero-order valence-electron chi connectivity index (χ0n) is 31.0. The van der Waals surface area contributed by atoms with Crippen LogP contribution in [0.25, 0.3) is 11.2 Å². The van der Waals surface area contributed by atoms with E-state index in [4.69, 9.17) is 24.3 Å². The third-order valence-corrected chi connectivity index (χ3v) is 11.2. The van der Waals surface area contributed by atoms with Crippen molar-refractivity contribution < 1.29 is 37.4 Å². The number of ether oxygens (including phenoxy) is 2. The highest BCUT2D eigenvalue weighted by molar-refractivity contribution is 7.52. The second kappa shape index (κ2) is 19.4. The summed E-state index contributed by atoms with van der Waals surface area (Å²) >= 11 is 0. The molecule has 0 saturated carbocycles. The predicted octanol–water partition coefficient (Wildman–Crippen LogP) is 7.48. The molecule has 0 unspecified atom stereocenters. The monoisotopic (exact) mass is 766 g/mol. The summed E-state index contributed by atoms with van der Waals surface area (Å²) in [4.78, 5) is 25.5. The number of aliphatic hydroxyl groups excluding tert-OH is 1. The molecule has 1 saturated heterocycles. The molecule has 5 rings (SSSR count). The van der Waals surface area contributed by atoms with Crippen LogP contribution < -0.4 is 15.3 Å². The van der Waals surface area contributed by atoms with Crippen molar-refractivity contribution in [3.8, 4) is 5.75 Å². The normalized spacial score (nSPS) is 20.2. The summed E-state index contributed by atoms with van der Waals surface area (Å²) in [6.45, 7) is 7.93. The van der Waals surface area contributed by atoms with Gasteiger partial charge < -0.3 is 24.8 Å². The Bertz CT molecular complexity index is 1840. The highest BCUT2D eigenvalue weighted by atomic mass is 31.2. The van der Waals surface area contributed by atoms with Crippen LogP contribution in [-0.4, -0.2) is 61.6 Å². The van der Waals surface area contributed by atoms with Crippen LogP contribution in [0.15, 0.2) is 79.6 Å². The number of carbonyl (C=O) groups excluding carboxylic acids is 1. The Morgan fingerprint density at radius 2 is 1.78 bits per heavy atom. The van der Waals surface area contributed by atoms with Gasteiger partial charge in [-0.1, -0.05) is 107 Å². The Balaban J connectivity index is 1.38. The Labute approximate surface area is 316 Å². The number of hydrogen-bond donors (Lipinski definition) is 3. The smallest absolute Gasteiger partial charge is 0.459 e. The molecule has 13 nitrogen and oxygen atoms in total. The van der Waals surface area contributed by atoms with Gasteiger partial charge in [-0.05, 0) is 42.9 Å². The summed E-state index contributed by atoms with van der Waals surface area (Å²) in [6, 6.07) is 16.6. The number of nitrogens with one attached hydrogen (secondary N) is 1. The predicted molar refractivity (Wildman–Crippen MR) is 204 cm³/mol. The maximum atomic E-state index is 14.8. The van der Waals surface area contributed by atoms with Gasteiger partial charge in [-0.25, -0.2) is 9.55 Å². The fourth-order valence-corrected chi connectivity index (χ4v) is 8.06. The lowest BCUT2D eigenvalue weighted by Crippen LogP contribution is -2.44. The maximum absolute atomic E-state index is 14.8. The van der Waals surface area contributed by atoms with E-state index >= 15 is 0 Å². The van der Waals surface area contributed by atoms with Crippen molar-refractivity contribution in [1.82, 2.24) is 24.6 Å². The lowest BCUT2D eigenvalue weighted by molar-refractivity contribution is -0.147. The molecule has 0 amide bonds. The molecule has 15 heteroatoms. The molecule has 292 valence electrons. The number of aliphatic hydroxyl groups is 1. The Morgan fingerprint density at radius 1 is 1.11 bits per heavy atom. The number of benzene rings is 2. The molecular weight excluding hydrogens is 714 g/mol. The number of nitrogen functional groups attached to an aromatic ring is 1. The molecule has 5 atom stereocenters. The number of esters is 1. The van der Waals surface area contributed by atoms with E-state index in [-0.39, 0.29) is 48.1 Å². The first-order valence-electron chi connectivity index (χ1n) is 18.7. The minimum absolute atomic E-state index is 0.00965. The third-order valence-electron chi connectivity index (χ3n) is 9.62. The molecule has 1 fully saturated rings. The zero-order valence-corrected chi connectivity index (χ0v) is 31.9. The van der Waals surface area contributed by atoms with E-state index in [0.717, 1.165) is 56.9 Å². The number of rotatable bonds is 22. The van der Waals surface area contributed by atoms with Crippen LogP contribution in [-0.2, 0) is 29.8 Å². The molecule has 2 aromatic carbocycles. The average Bonchev–Trinajstić information content (AvgIpc) is 3.74. The fourth-order valence-electron chi connectivity index (χ4n) is 6.53. The van der Waals surface area contributed by atoms with Crippen LogP contribution in [0.3, 0.4) is 0 Å². The Morgan fingerprint density at radius 3 is 2.43 bits per heavy atom. The fraction of sp³-hybridized carbons (Fsp3) is 0.487. The number of anilines is 1. The van der Waals surface area contributed by atoms with Crippen molar-refractivity contribution >= 4 is 30.7 Å². The first kappa shape index (κ1) is 41.0. The van der Waals surface area contributed by atoms with Gasteiger partial charge in [0.05, 0.1) is 25.6 Å². The molecule has 0 aliphatic carbocycles. The Kier molecular flexibility index (Phi) is 14.7.